The van der Waals surface area contributed by atoms with Gasteiger partial charge in [0, 0.05) is 19.8 Å². The van der Waals surface area contributed by atoms with Crippen molar-refractivity contribution in [1.29, 1.82) is 0 Å². The van der Waals surface area contributed by atoms with Crippen molar-refractivity contribution < 1.29 is 17.6 Å². The van der Waals surface area contributed by atoms with Gasteiger partial charge in [-0.1, -0.05) is 30.0 Å². The van der Waals surface area contributed by atoms with Gasteiger partial charge in [-0.15, -0.1) is 0 Å². The van der Waals surface area contributed by atoms with Crippen LogP contribution in [0, 0.1) is 0 Å². The third kappa shape index (κ3) is 4.38. The van der Waals surface area contributed by atoms with E-state index in [9.17, 15) is 8.42 Å². The number of hydrogen-bond acceptors (Lipinski definition) is 6. The molecule has 2 aromatic carbocycles. The molecule has 0 radical (unpaired) electrons. The van der Waals surface area contributed by atoms with Gasteiger partial charge in [-0.05, 0) is 36.8 Å². The first kappa shape index (κ1) is 18.8. The number of nitrogens with zero attached hydrogens (tertiary/aromatic N) is 2. The van der Waals surface area contributed by atoms with Gasteiger partial charge < -0.3 is 9.15 Å². The maximum Gasteiger partial charge on any atom is 0.256 e. The minimum Gasteiger partial charge on any atom is -0.494 e. The largest absolute Gasteiger partial charge is 0.494 e. The second-order valence-electron chi connectivity index (χ2n) is 5.76. The van der Waals surface area contributed by atoms with Gasteiger partial charge in [-0.2, -0.15) is 0 Å². The predicted octanol–water partition coefficient (Wildman–Crippen LogP) is 3.64. The number of thioether (sulfide) groups is 1. The van der Waals surface area contributed by atoms with Gasteiger partial charge in [0.15, 0.2) is 5.58 Å². The summed E-state index contributed by atoms with van der Waals surface area (Å²) in [7, 11) is -0.479. The molecule has 1 aromatic heterocycles. The van der Waals surface area contributed by atoms with E-state index in [1.165, 1.54) is 42.3 Å². The van der Waals surface area contributed by atoms with Crippen molar-refractivity contribution in [2.24, 2.45) is 0 Å². The number of oxazole rings is 1. The van der Waals surface area contributed by atoms with Crippen molar-refractivity contribution in [3.8, 4) is 5.75 Å². The Hall–Kier alpha value is -2.03. The Kier molecular flexibility index (Phi) is 5.85. The Morgan fingerprint density at radius 3 is 2.65 bits per heavy atom. The van der Waals surface area contributed by atoms with Crippen LogP contribution in [-0.4, -0.2) is 44.2 Å². The van der Waals surface area contributed by atoms with E-state index < -0.39 is 10.0 Å². The minimum absolute atomic E-state index is 0.205. The summed E-state index contributed by atoms with van der Waals surface area (Å²) in [5.41, 5.74) is 1.11. The molecular formula is C18H20N2O4S2. The van der Waals surface area contributed by atoms with E-state index in [4.69, 9.17) is 9.15 Å². The number of aromatic nitrogens is 1. The summed E-state index contributed by atoms with van der Waals surface area (Å²) in [6.07, 6.45) is 0.846. The van der Waals surface area contributed by atoms with Gasteiger partial charge >= 0.3 is 0 Å². The highest BCUT2D eigenvalue weighted by atomic mass is 32.2. The number of sulfonamides is 1. The number of benzene rings is 2. The lowest BCUT2D eigenvalue weighted by Crippen LogP contribution is -2.22. The fourth-order valence-corrected chi connectivity index (χ4v) is 3.91. The Labute approximate surface area is 157 Å². The molecule has 0 aliphatic heterocycles. The molecule has 0 spiro atoms. The fourth-order valence-electron chi connectivity index (χ4n) is 2.24. The van der Waals surface area contributed by atoms with E-state index in [0.29, 0.717) is 22.9 Å². The molecule has 6 nitrogen and oxygen atoms in total. The lowest BCUT2D eigenvalue weighted by molar-refractivity contribution is 0.318. The maximum absolute atomic E-state index is 12.2. The average molecular weight is 393 g/mol. The fraction of sp³-hybridized carbons (Fsp3) is 0.278. The van der Waals surface area contributed by atoms with Gasteiger partial charge in [-0.25, -0.2) is 17.7 Å². The third-order valence-corrected chi connectivity index (χ3v) is 6.37. The summed E-state index contributed by atoms with van der Waals surface area (Å²) in [5.74, 6) is 1.65. The molecule has 1 heterocycles. The van der Waals surface area contributed by atoms with Crippen LogP contribution in [0.1, 0.15) is 6.42 Å². The quantitative estimate of drug-likeness (QED) is 0.430. The summed E-state index contributed by atoms with van der Waals surface area (Å²) in [6.45, 7) is 0.614. The number of hydrogen-bond donors (Lipinski definition) is 0. The van der Waals surface area contributed by atoms with E-state index in [1.54, 1.807) is 6.07 Å². The lowest BCUT2D eigenvalue weighted by atomic mass is 10.3. The molecule has 138 valence electrons. The highest BCUT2D eigenvalue weighted by molar-refractivity contribution is 7.99. The van der Waals surface area contributed by atoms with E-state index in [-0.39, 0.29) is 4.90 Å². The van der Waals surface area contributed by atoms with Gasteiger partial charge in [0.2, 0.25) is 10.0 Å². The molecule has 0 saturated carbocycles. The molecule has 3 aromatic rings. The third-order valence-electron chi connectivity index (χ3n) is 3.64. The van der Waals surface area contributed by atoms with Gasteiger partial charge in [-0.3, -0.25) is 0 Å². The summed E-state index contributed by atoms with van der Waals surface area (Å²) >= 11 is 1.48. The standard InChI is InChI=1S/C18H20N2O4S2/c1-20(2)26(21,22)15-9-10-17-16(13-15)19-18(24-17)25-12-6-11-23-14-7-4-3-5-8-14/h3-5,7-10,13H,6,11-12H2,1-2H3. The predicted molar refractivity (Wildman–Crippen MR) is 102 cm³/mol. The monoisotopic (exact) mass is 392 g/mol. The maximum atomic E-state index is 12.2. The first-order valence-electron chi connectivity index (χ1n) is 8.10. The van der Waals surface area contributed by atoms with E-state index in [0.717, 1.165) is 17.9 Å². The Morgan fingerprint density at radius 1 is 1.15 bits per heavy atom. The van der Waals surface area contributed by atoms with Crippen molar-refractivity contribution in [2.75, 3.05) is 26.5 Å². The molecule has 0 bridgehead atoms. The van der Waals surface area contributed by atoms with Crippen LogP contribution >= 0.6 is 11.8 Å². The van der Waals surface area contributed by atoms with Gasteiger partial charge in [0.05, 0.1) is 11.5 Å². The number of fused-ring (bicyclic) bond motifs is 1. The molecule has 8 heteroatoms. The summed E-state index contributed by atoms with van der Waals surface area (Å²) in [6, 6.07) is 14.4. The topological polar surface area (TPSA) is 72.6 Å². The highest BCUT2D eigenvalue weighted by Crippen LogP contribution is 2.26. The molecule has 26 heavy (non-hydrogen) atoms. The molecular weight excluding hydrogens is 372 g/mol. The molecule has 0 aliphatic rings. The van der Waals surface area contributed by atoms with Crippen LogP contribution in [0.2, 0.25) is 0 Å². The summed E-state index contributed by atoms with van der Waals surface area (Å²) < 4.78 is 36.9. The van der Waals surface area contributed by atoms with Crippen molar-refractivity contribution in [1.82, 2.24) is 9.29 Å². The van der Waals surface area contributed by atoms with Crippen LogP contribution in [0.3, 0.4) is 0 Å². The number of rotatable bonds is 8. The van der Waals surface area contributed by atoms with E-state index >= 15 is 0 Å². The van der Waals surface area contributed by atoms with Crippen LogP contribution in [0.15, 0.2) is 63.1 Å². The zero-order chi connectivity index (χ0) is 18.6. The molecule has 0 atom stereocenters. The zero-order valence-corrected chi connectivity index (χ0v) is 16.2. The van der Waals surface area contributed by atoms with Crippen molar-refractivity contribution >= 4 is 32.9 Å². The van der Waals surface area contributed by atoms with Gasteiger partial charge in [0.25, 0.3) is 5.22 Å². The summed E-state index contributed by atoms with van der Waals surface area (Å²) in [4.78, 5) is 4.58. The molecule has 0 N–H and O–H groups in total. The molecule has 0 amide bonds. The van der Waals surface area contributed by atoms with E-state index in [1.807, 2.05) is 30.3 Å². The minimum atomic E-state index is -3.48. The highest BCUT2D eigenvalue weighted by Gasteiger charge is 2.18. The zero-order valence-electron chi connectivity index (χ0n) is 14.6. The Bertz CT molecular complexity index is 969. The number of ether oxygens (including phenoxy) is 1. The molecule has 0 fully saturated rings. The lowest BCUT2D eigenvalue weighted by Gasteiger charge is -2.10. The first-order chi connectivity index (χ1) is 12.5. The number of para-hydroxylation sites is 1. The van der Waals surface area contributed by atoms with Crippen LogP contribution in [-0.2, 0) is 10.0 Å². The SMILES string of the molecule is CN(C)S(=O)(=O)c1ccc2oc(SCCCOc3ccccc3)nc2c1. The van der Waals surface area contributed by atoms with Crippen molar-refractivity contribution in [3.05, 3.63) is 48.5 Å². The van der Waals surface area contributed by atoms with Crippen LogP contribution in [0.4, 0.5) is 0 Å². The van der Waals surface area contributed by atoms with Crippen LogP contribution in [0.25, 0.3) is 11.1 Å². The molecule has 0 saturated heterocycles. The summed E-state index contributed by atoms with van der Waals surface area (Å²) in [5, 5.41) is 0.527. The molecule has 3 rings (SSSR count). The normalized spacial score (nSPS) is 12.0. The van der Waals surface area contributed by atoms with Gasteiger partial charge in [0.1, 0.15) is 11.3 Å². The Morgan fingerprint density at radius 2 is 1.92 bits per heavy atom. The Balaban J connectivity index is 1.57. The van der Waals surface area contributed by atoms with Crippen molar-refractivity contribution in [3.63, 3.8) is 0 Å². The second-order valence-corrected chi connectivity index (χ2v) is 8.96. The van der Waals surface area contributed by atoms with Crippen LogP contribution < -0.4 is 4.74 Å². The average Bonchev–Trinajstić information content (AvgIpc) is 3.04. The second kappa shape index (κ2) is 8.11. The van der Waals surface area contributed by atoms with Crippen molar-refractivity contribution in [2.45, 2.75) is 16.5 Å². The first-order valence-corrected chi connectivity index (χ1v) is 10.5. The van der Waals surface area contributed by atoms with Crippen LogP contribution in [0.5, 0.6) is 5.75 Å². The molecule has 0 unspecified atom stereocenters. The smallest absolute Gasteiger partial charge is 0.256 e. The van der Waals surface area contributed by atoms with E-state index in [2.05, 4.69) is 4.98 Å². The molecule has 0 aliphatic carbocycles.